The molecule has 5 aliphatic heterocycles. The lowest BCUT2D eigenvalue weighted by atomic mass is 9.87. The number of hydrogen-bond donors (Lipinski definition) is 3. The van der Waals surface area contributed by atoms with Gasteiger partial charge < -0.3 is 19.7 Å². The number of hydrogen-bond acceptors (Lipinski definition) is 9. The Morgan fingerprint density at radius 1 is 0.866 bits per heavy atom. The van der Waals surface area contributed by atoms with E-state index in [1.807, 2.05) is 46.0 Å². The summed E-state index contributed by atoms with van der Waals surface area (Å²) >= 11 is 0. The van der Waals surface area contributed by atoms with Crippen molar-refractivity contribution >= 4 is 56.1 Å². The molecule has 4 atom stereocenters. The molecule has 0 bridgehead atoms. The Bertz CT molecular complexity index is 2910. The van der Waals surface area contributed by atoms with Gasteiger partial charge in [0.2, 0.25) is 17.6 Å². The van der Waals surface area contributed by atoms with Crippen molar-refractivity contribution in [1.82, 2.24) is 29.4 Å². The molecule has 3 aromatic carbocycles. The predicted molar refractivity (Wildman–Crippen MR) is 241 cm³/mol. The van der Waals surface area contributed by atoms with Crippen LogP contribution in [0.5, 0.6) is 0 Å². The molecule has 5 aliphatic rings. The first-order valence-corrected chi connectivity index (χ1v) is 24.1. The van der Waals surface area contributed by atoms with Gasteiger partial charge in [0.15, 0.2) is 5.82 Å². The number of pyridine rings is 1. The molecule has 0 spiro atoms. The fraction of sp³-hybridized carbons (Fsp3) is 0.396. The molecule has 7 heterocycles. The molecule has 5 aromatic rings. The highest BCUT2D eigenvalue weighted by atomic mass is 32.2. The zero-order chi connectivity index (χ0) is 46.7. The Balaban J connectivity index is 0.742. The van der Waals surface area contributed by atoms with Crippen LogP contribution in [0.25, 0.3) is 22.2 Å². The van der Waals surface area contributed by atoms with Crippen molar-refractivity contribution in [3.05, 3.63) is 113 Å². The second kappa shape index (κ2) is 17.8. The van der Waals surface area contributed by atoms with Crippen LogP contribution >= 0.6 is 0 Å². The summed E-state index contributed by atoms with van der Waals surface area (Å²) < 4.78 is 89.0. The normalized spacial score (nSPS) is 23.3. The van der Waals surface area contributed by atoms with Gasteiger partial charge in [-0.15, -0.1) is 0 Å². The number of amides is 3. The molecule has 4 fully saturated rings. The van der Waals surface area contributed by atoms with Gasteiger partial charge in [-0.05, 0) is 104 Å². The summed E-state index contributed by atoms with van der Waals surface area (Å²) in [6.07, 6.45) is 3.52. The van der Waals surface area contributed by atoms with Crippen LogP contribution in [0.3, 0.4) is 0 Å². The zero-order valence-corrected chi connectivity index (χ0v) is 37.1. The third-order valence-electron chi connectivity index (χ3n) is 14.1. The Kier molecular flexibility index (Phi) is 11.9. The van der Waals surface area contributed by atoms with Crippen molar-refractivity contribution in [3.8, 4) is 11.1 Å². The maximum Gasteiger partial charge on any atom is 0.301 e. The maximum absolute atomic E-state index is 15.9. The third-order valence-corrected chi connectivity index (χ3v) is 15.6. The molecule has 67 heavy (non-hydrogen) atoms. The van der Waals surface area contributed by atoms with Crippen molar-refractivity contribution in [3.63, 3.8) is 0 Å². The molecular weight excluding hydrogens is 893 g/mol. The molecule has 19 heteroatoms. The lowest BCUT2D eigenvalue weighted by Crippen LogP contribution is -2.52. The van der Waals surface area contributed by atoms with Crippen LogP contribution in [0.1, 0.15) is 81.8 Å². The third kappa shape index (κ3) is 8.68. The van der Waals surface area contributed by atoms with Crippen molar-refractivity contribution in [2.75, 3.05) is 55.4 Å². The number of halogens is 4. The molecule has 0 aliphatic carbocycles. The number of nitrogens with one attached hydrogen (secondary N) is 3. The number of H-pyrrole nitrogens is 1. The number of rotatable bonds is 11. The van der Waals surface area contributed by atoms with E-state index in [1.54, 1.807) is 17.2 Å². The number of alkyl halides is 2. The topological polar surface area (TPSA) is 168 Å². The summed E-state index contributed by atoms with van der Waals surface area (Å²) in [6, 6.07) is 16.2. The maximum atomic E-state index is 15.9. The highest BCUT2D eigenvalue weighted by Crippen LogP contribution is 2.36. The highest BCUT2D eigenvalue weighted by molar-refractivity contribution is 7.90. The van der Waals surface area contributed by atoms with Gasteiger partial charge in [-0.2, -0.15) is 12.7 Å². The van der Waals surface area contributed by atoms with Crippen LogP contribution < -0.4 is 14.9 Å². The molecule has 0 radical (unpaired) electrons. The lowest BCUT2D eigenvalue weighted by molar-refractivity contribution is -0.136. The van der Waals surface area contributed by atoms with E-state index in [0.717, 1.165) is 64.7 Å². The van der Waals surface area contributed by atoms with Gasteiger partial charge in [0.25, 0.3) is 5.91 Å². The van der Waals surface area contributed by atoms with E-state index in [-0.39, 0.29) is 60.3 Å². The first-order valence-electron chi connectivity index (χ1n) is 22.6. The van der Waals surface area contributed by atoms with Gasteiger partial charge in [-0.3, -0.25) is 29.2 Å². The Labute approximate surface area is 383 Å². The fourth-order valence-electron chi connectivity index (χ4n) is 10.3. The standard InChI is InChI=1S/C48H48F4N8O6S/c49-33-14-18-59(25-33)67(65,66)56-40-8-7-38(50)43(44(40)52)45(62)37-22-54-46-36(37)20-31(21-53-46)27-1-4-34(5-2-27)58-17-13-30(39(51)26-58)23-57-15-11-28(12-16-57)29-3-6-35-32(19-29)24-60(48(35)64)41-9-10-42(61)55-47(41)63/h1-8,19-22,28,30,33,39,41,56H,9-18,23-26H2,(H,53,54)(H,55,61,63)/t30-,33-,39-,41?/m1/s1. The van der Waals surface area contributed by atoms with E-state index in [1.165, 1.54) is 6.20 Å². The number of likely N-dealkylation sites (tertiary alicyclic amines) is 1. The van der Waals surface area contributed by atoms with E-state index in [2.05, 4.69) is 26.3 Å². The molecule has 350 valence electrons. The first kappa shape index (κ1) is 44.6. The molecule has 3 N–H and O–H groups in total. The lowest BCUT2D eigenvalue weighted by Gasteiger charge is -2.40. The number of aromatic amines is 1. The SMILES string of the molecule is O=C1CCC(N2Cc3cc(C4CCN(C[C@H]5CCN(c6ccc(-c7cnc8[nH]cc(C(=O)c9c(F)ccc(NS(=O)(=O)N%10CC[C@@H](F)C%10)c9F)c8c7)cc6)C[C@H]5F)CC4)ccc3C2=O)C(=O)N1. The largest absolute Gasteiger partial charge is 0.369 e. The van der Waals surface area contributed by atoms with E-state index in [9.17, 15) is 32.0 Å². The number of anilines is 2. The van der Waals surface area contributed by atoms with Crippen molar-refractivity contribution < 1.29 is 45.2 Å². The van der Waals surface area contributed by atoms with E-state index in [4.69, 9.17) is 0 Å². The predicted octanol–water partition coefficient (Wildman–Crippen LogP) is 6.24. The molecular formula is C48H48F4N8O6S. The van der Waals surface area contributed by atoms with Gasteiger partial charge in [-0.1, -0.05) is 24.3 Å². The Morgan fingerprint density at radius 3 is 2.39 bits per heavy atom. The van der Waals surface area contributed by atoms with Crippen LogP contribution in [0.4, 0.5) is 28.9 Å². The molecule has 3 amide bonds. The summed E-state index contributed by atoms with van der Waals surface area (Å²) in [5.41, 5.74) is 3.46. The molecule has 2 aromatic heterocycles. The zero-order valence-electron chi connectivity index (χ0n) is 36.3. The molecule has 10 rings (SSSR count). The number of carbonyl (C=O) groups excluding carboxylic acids is 4. The smallest absolute Gasteiger partial charge is 0.301 e. The monoisotopic (exact) mass is 940 g/mol. The van der Waals surface area contributed by atoms with Crippen LogP contribution in [0.2, 0.25) is 0 Å². The average molecular weight is 941 g/mol. The van der Waals surface area contributed by atoms with Crippen LogP contribution in [-0.4, -0.2) is 120 Å². The molecule has 0 saturated carbocycles. The molecule has 14 nitrogen and oxygen atoms in total. The van der Waals surface area contributed by atoms with Gasteiger partial charge in [0, 0.05) is 91.8 Å². The summed E-state index contributed by atoms with van der Waals surface area (Å²) in [5, 5.41) is 2.64. The summed E-state index contributed by atoms with van der Waals surface area (Å²) in [6.45, 7) is 3.11. The number of ketones is 1. The Hall–Kier alpha value is -6.18. The minimum atomic E-state index is -4.38. The number of nitrogens with zero attached hydrogens (tertiary/aromatic N) is 5. The molecule has 4 saturated heterocycles. The molecule has 1 unspecified atom stereocenters. The highest BCUT2D eigenvalue weighted by Gasteiger charge is 2.40. The minimum absolute atomic E-state index is 0.00965. The van der Waals surface area contributed by atoms with Crippen molar-refractivity contribution in [2.24, 2.45) is 5.92 Å². The van der Waals surface area contributed by atoms with Gasteiger partial charge in [0.05, 0.1) is 11.3 Å². The summed E-state index contributed by atoms with van der Waals surface area (Å²) in [5.74, 6) is -4.36. The quantitative estimate of drug-likeness (QED) is 0.0789. The van der Waals surface area contributed by atoms with Crippen LogP contribution in [0, 0.1) is 17.6 Å². The number of fused-ring (bicyclic) bond motifs is 2. The fourth-order valence-corrected chi connectivity index (χ4v) is 11.6. The van der Waals surface area contributed by atoms with Gasteiger partial charge in [0.1, 0.15) is 29.8 Å². The second-order valence-corrected chi connectivity index (χ2v) is 19.9. The number of imide groups is 1. The Morgan fingerprint density at radius 2 is 1.66 bits per heavy atom. The average Bonchev–Trinajstić information content (AvgIpc) is 4.05. The first-order chi connectivity index (χ1) is 32.2. The van der Waals surface area contributed by atoms with E-state index < -0.39 is 69.7 Å². The number of carbonyl (C=O) groups is 4. The summed E-state index contributed by atoms with van der Waals surface area (Å²) in [7, 11) is -4.38. The van der Waals surface area contributed by atoms with Gasteiger partial charge >= 0.3 is 10.2 Å². The second-order valence-electron chi connectivity index (χ2n) is 18.2. The van der Waals surface area contributed by atoms with Crippen LogP contribution in [0.15, 0.2) is 73.1 Å². The van der Waals surface area contributed by atoms with Crippen molar-refractivity contribution in [1.29, 1.82) is 0 Å². The summed E-state index contributed by atoms with van der Waals surface area (Å²) in [4.78, 5) is 64.3. The van der Waals surface area contributed by atoms with E-state index in [0.29, 0.717) is 49.5 Å². The minimum Gasteiger partial charge on any atom is -0.369 e. The number of piperidine rings is 3. The van der Waals surface area contributed by atoms with Gasteiger partial charge in [-0.25, -0.2) is 22.5 Å². The van der Waals surface area contributed by atoms with E-state index >= 15 is 13.2 Å². The number of aromatic nitrogens is 2. The van der Waals surface area contributed by atoms with Crippen molar-refractivity contribution in [2.45, 2.75) is 69.4 Å². The number of benzene rings is 3. The van der Waals surface area contributed by atoms with Crippen LogP contribution in [-0.2, 0) is 26.3 Å².